The number of carbonyl (C=O) groups excluding carboxylic acids is 4. The molecule has 0 rings (SSSR count). The smallest absolute Gasteiger partial charge is 0.308 e. The molecule has 0 aliphatic carbocycles. The minimum atomic E-state index is -0.258. The van der Waals surface area contributed by atoms with Gasteiger partial charge in [0, 0.05) is 41.0 Å². The summed E-state index contributed by atoms with van der Waals surface area (Å²) in [5.41, 5.74) is 0. The molecule has 2 atom stereocenters. The third-order valence-corrected chi connectivity index (χ3v) is 3.79. The second-order valence-corrected chi connectivity index (χ2v) is 6.50. The number of rotatable bonds is 8. The molecule has 0 aromatic carbocycles. The molecular formula is C18H34N2O6. The number of hydrogen-bond donors (Lipinski definition) is 0. The lowest BCUT2D eigenvalue weighted by Crippen LogP contribution is -2.23. The van der Waals surface area contributed by atoms with E-state index in [1.807, 2.05) is 0 Å². The van der Waals surface area contributed by atoms with E-state index in [4.69, 9.17) is 0 Å². The minimum absolute atomic E-state index is 0.0377. The largest absolute Gasteiger partial charge is 0.469 e. The van der Waals surface area contributed by atoms with Crippen molar-refractivity contribution in [1.82, 2.24) is 9.80 Å². The summed E-state index contributed by atoms with van der Waals surface area (Å²) in [6.07, 6.45) is 1.87. The van der Waals surface area contributed by atoms with Crippen LogP contribution in [-0.4, -0.2) is 76.0 Å². The van der Waals surface area contributed by atoms with Gasteiger partial charge in [0.1, 0.15) is 0 Å². The van der Waals surface area contributed by atoms with E-state index < -0.39 is 0 Å². The van der Waals surface area contributed by atoms with E-state index in [0.717, 1.165) is 0 Å². The second-order valence-electron chi connectivity index (χ2n) is 6.50. The van der Waals surface area contributed by atoms with E-state index in [9.17, 15) is 19.2 Å². The summed E-state index contributed by atoms with van der Waals surface area (Å²) >= 11 is 0. The fourth-order valence-corrected chi connectivity index (χ4v) is 1.77. The molecule has 2 unspecified atom stereocenters. The summed E-state index contributed by atoms with van der Waals surface area (Å²) in [5.74, 6) is -0.840. The number of methoxy groups -OCH3 is 2. The summed E-state index contributed by atoms with van der Waals surface area (Å²) in [4.78, 5) is 47.2. The van der Waals surface area contributed by atoms with Crippen LogP contribution in [0.3, 0.4) is 0 Å². The molecule has 0 aromatic rings. The molecule has 0 radical (unpaired) electrons. The average Bonchev–Trinajstić information content (AvgIpc) is 2.61. The van der Waals surface area contributed by atoms with Gasteiger partial charge in [0.05, 0.1) is 26.1 Å². The first-order valence-corrected chi connectivity index (χ1v) is 8.53. The van der Waals surface area contributed by atoms with Crippen LogP contribution < -0.4 is 0 Å². The molecular weight excluding hydrogens is 340 g/mol. The fourth-order valence-electron chi connectivity index (χ4n) is 1.77. The molecule has 0 saturated carbocycles. The van der Waals surface area contributed by atoms with Crippen molar-refractivity contribution < 1.29 is 28.7 Å². The van der Waals surface area contributed by atoms with E-state index >= 15 is 0 Å². The Labute approximate surface area is 156 Å². The van der Waals surface area contributed by atoms with Gasteiger partial charge in [-0.2, -0.15) is 0 Å². The summed E-state index contributed by atoms with van der Waals surface area (Å²) < 4.78 is 9.08. The zero-order chi connectivity index (χ0) is 20.9. The van der Waals surface area contributed by atoms with Crippen LogP contribution in [-0.2, 0) is 28.7 Å². The number of esters is 2. The highest BCUT2D eigenvalue weighted by Gasteiger charge is 2.16. The number of hydrogen-bond acceptors (Lipinski definition) is 6. The highest BCUT2D eigenvalue weighted by Crippen LogP contribution is 2.08. The monoisotopic (exact) mass is 374 g/mol. The molecule has 0 aromatic heterocycles. The standard InChI is InChI=1S/2C9H17NO3/c2*1-7(9(12)13-4)5-6-8(11)10(2)3/h2*7H,5-6H2,1-4H3. The van der Waals surface area contributed by atoms with Gasteiger partial charge in [-0.1, -0.05) is 13.8 Å². The van der Waals surface area contributed by atoms with Gasteiger partial charge in [-0.3, -0.25) is 19.2 Å². The predicted octanol–water partition coefficient (Wildman–Crippen LogP) is 1.33. The number of nitrogens with zero attached hydrogens (tertiary/aromatic N) is 2. The molecule has 0 N–H and O–H groups in total. The Kier molecular flexibility index (Phi) is 14.2. The number of carbonyl (C=O) groups is 4. The third-order valence-electron chi connectivity index (χ3n) is 3.79. The van der Waals surface area contributed by atoms with Crippen LogP contribution in [0.1, 0.15) is 39.5 Å². The SMILES string of the molecule is COC(=O)C(C)CCC(=O)N(C)C.COC(=O)C(C)CCC(=O)N(C)C. The summed E-state index contributed by atoms with van der Waals surface area (Å²) in [6, 6.07) is 0. The third kappa shape index (κ3) is 12.3. The lowest BCUT2D eigenvalue weighted by Gasteiger charge is -2.12. The molecule has 0 saturated heterocycles. The van der Waals surface area contributed by atoms with Crippen molar-refractivity contribution in [3.63, 3.8) is 0 Å². The van der Waals surface area contributed by atoms with Gasteiger partial charge in [-0.15, -0.1) is 0 Å². The Morgan fingerprint density at radius 1 is 0.692 bits per heavy atom. The Morgan fingerprint density at radius 3 is 1.15 bits per heavy atom. The topological polar surface area (TPSA) is 93.2 Å². The summed E-state index contributed by atoms with van der Waals surface area (Å²) in [6.45, 7) is 3.52. The van der Waals surface area contributed by atoms with Crippen molar-refractivity contribution in [1.29, 1.82) is 0 Å². The van der Waals surface area contributed by atoms with Gasteiger partial charge in [0.2, 0.25) is 11.8 Å². The molecule has 0 fully saturated rings. The normalized spacial score (nSPS) is 12.0. The highest BCUT2D eigenvalue weighted by molar-refractivity contribution is 5.78. The molecule has 152 valence electrons. The molecule has 2 amide bonds. The zero-order valence-electron chi connectivity index (χ0n) is 17.3. The minimum Gasteiger partial charge on any atom is -0.469 e. The number of amides is 2. The lowest BCUT2D eigenvalue weighted by atomic mass is 10.1. The maximum atomic E-state index is 11.1. The van der Waals surface area contributed by atoms with Crippen LogP contribution in [0, 0.1) is 11.8 Å². The lowest BCUT2D eigenvalue weighted by molar-refractivity contribution is -0.146. The van der Waals surface area contributed by atoms with E-state index in [-0.39, 0.29) is 35.6 Å². The molecule has 0 heterocycles. The fraction of sp³-hybridized carbons (Fsp3) is 0.778. The van der Waals surface area contributed by atoms with Gasteiger partial charge in [-0.05, 0) is 12.8 Å². The molecule has 0 bridgehead atoms. The summed E-state index contributed by atoms with van der Waals surface area (Å²) in [7, 11) is 9.51. The molecule has 0 aliphatic heterocycles. The second kappa shape index (κ2) is 14.1. The van der Waals surface area contributed by atoms with Crippen LogP contribution >= 0.6 is 0 Å². The Morgan fingerprint density at radius 2 is 0.962 bits per heavy atom. The van der Waals surface area contributed by atoms with Gasteiger partial charge < -0.3 is 19.3 Å². The molecule has 0 aliphatic rings. The van der Waals surface area contributed by atoms with Crippen molar-refractivity contribution >= 4 is 23.8 Å². The van der Waals surface area contributed by atoms with Crippen LogP contribution in [0.4, 0.5) is 0 Å². The van der Waals surface area contributed by atoms with Gasteiger partial charge >= 0.3 is 11.9 Å². The first-order valence-electron chi connectivity index (χ1n) is 8.53. The molecule has 8 nitrogen and oxygen atoms in total. The quantitative estimate of drug-likeness (QED) is 0.595. The van der Waals surface area contributed by atoms with E-state index in [2.05, 4.69) is 9.47 Å². The van der Waals surface area contributed by atoms with E-state index in [0.29, 0.717) is 25.7 Å². The first kappa shape index (κ1) is 26.1. The van der Waals surface area contributed by atoms with Crippen LogP contribution in [0.5, 0.6) is 0 Å². The maximum Gasteiger partial charge on any atom is 0.308 e. The van der Waals surface area contributed by atoms with Crippen molar-refractivity contribution in [2.75, 3.05) is 42.4 Å². The van der Waals surface area contributed by atoms with Crippen molar-refractivity contribution in [2.24, 2.45) is 11.8 Å². The molecule has 26 heavy (non-hydrogen) atoms. The Balaban J connectivity index is 0. The van der Waals surface area contributed by atoms with Gasteiger partial charge in [0.15, 0.2) is 0 Å². The maximum absolute atomic E-state index is 11.1. The summed E-state index contributed by atoms with van der Waals surface area (Å²) in [5, 5.41) is 0. The molecule has 0 spiro atoms. The van der Waals surface area contributed by atoms with Crippen molar-refractivity contribution in [2.45, 2.75) is 39.5 Å². The number of ether oxygens (including phenoxy) is 2. The predicted molar refractivity (Wildman–Crippen MR) is 98.2 cm³/mol. The van der Waals surface area contributed by atoms with Gasteiger partial charge in [0.25, 0.3) is 0 Å². The molecule has 8 heteroatoms. The van der Waals surface area contributed by atoms with Crippen LogP contribution in [0.2, 0.25) is 0 Å². The van der Waals surface area contributed by atoms with E-state index in [1.165, 1.54) is 24.0 Å². The highest BCUT2D eigenvalue weighted by atomic mass is 16.5. The Hall–Kier alpha value is -2.12. The van der Waals surface area contributed by atoms with Crippen LogP contribution in [0.25, 0.3) is 0 Å². The first-order chi connectivity index (χ1) is 12.0. The average molecular weight is 374 g/mol. The van der Waals surface area contributed by atoms with Crippen molar-refractivity contribution in [3.8, 4) is 0 Å². The van der Waals surface area contributed by atoms with E-state index in [1.54, 1.807) is 42.0 Å². The Bertz CT molecular complexity index is 421. The van der Waals surface area contributed by atoms with Crippen molar-refractivity contribution in [3.05, 3.63) is 0 Å². The van der Waals surface area contributed by atoms with Crippen LogP contribution in [0.15, 0.2) is 0 Å². The zero-order valence-corrected chi connectivity index (χ0v) is 17.3. The van der Waals surface area contributed by atoms with Gasteiger partial charge in [-0.25, -0.2) is 0 Å².